The van der Waals surface area contributed by atoms with Gasteiger partial charge in [0.05, 0.1) is 0 Å². The molecule has 62 valence electrons. The molecule has 0 amide bonds. The molecule has 0 aromatic rings. The minimum absolute atomic E-state index is 1.04. The molecule has 0 aliphatic rings. The van der Waals surface area contributed by atoms with E-state index in [2.05, 4.69) is 16.9 Å². The first kappa shape index (κ1) is 10.1. The van der Waals surface area contributed by atoms with Gasteiger partial charge in [-0.05, 0) is 20.3 Å². The Hall–Kier alpha value is -0.920. The molecule has 0 fully saturated rings. The molecule has 0 aliphatic heterocycles. The SMILES string of the molecule is CCC/C=N/C=C\N=C(C)C. The molecule has 0 saturated carbocycles. The zero-order chi connectivity index (χ0) is 8.53. The van der Waals surface area contributed by atoms with Gasteiger partial charge in [0, 0.05) is 24.3 Å². The summed E-state index contributed by atoms with van der Waals surface area (Å²) >= 11 is 0. The van der Waals surface area contributed by atoms with E-state index >= 15 is 0 Å². The zero-order valence-corrected chi connectivity index (χ0v) is 7.54. The Morgan fingerprint density at radius 1 is 1.27 bits per heavy atom. The van der Waals surface area contributed by atoms with E-state index in [1.165, 1.54) is 0 Å². The van der Waals surface area contributed by atoms with Crippen LogP contribution in [0.5, 0.6) is 0 Å². The summed E-state index contributed by atoms with van der Waals surface area (Å²) in [5.74, 6) is 0. The Morgan fingerprint density at radius 3 is 2.55 bits per heavy atom. The van der Waals surface area contributed by atoms with Crippen LogP contribution in [0.1, 0.15) is 33.6 Å². The second-order valence-electron chi connectivity index (χ2n) is 2.49. The van der Waals surface area contributed by atoms with Crippen molar-refractivity contribution in [1.29, 1.82) is 0 Å². The van der Waals surface area contributed by atoms with Crippen molar-refractivity contribution in [3.8, 4) is 0 Å². The second-order valence-corrected chi connectivity index (χ2v) is 2.49. The van der Waals surface area contributed by atoms with Crippen molar-refractivity contribution in [2.45, 2.75) is 33.6 Å². The highest BCUT2D eigenvalue weighted by atomic mass is 14.7. The van der Waals surface area contributed by atoms with Gasteiger partial charge in [-0.25, -0.2) is 0 Å². The van der Waals surface area contributed by atoms with E-state index in [0.717, 1.165) is 18.6 Å². The van der Waals surface area contributed by atoms with Crippen molar-refractivity contribution in [2.75, 3.05) is 0 Å². The van der Waals surface area contributed by atoms with Gasteiger partial charge in [0.25, 0.3) is 0 Å². The van der Waals surface area contributed by atoms with E-state index < -0.39 is 0 Å². The molecule has 0 spiro atoms. The first-order valence-electron chi connectivity index (χ1n) is 3.95. The summed E-state index contributed by atoms with van der Waals surface area (Å²) in [6, 6.07) is 0. The summed E-state index contributed by atoms with van der Waals surface area (Å²) in [6.45, 7) is 6.05. The van der Waals surface area contributed by atoms with Crippen LogP contribution in [-0.2, 0) is 0 Å². The summed E-state index contributed by atoms with van der Waals surface area (Å²) in [4.78, 5) is 8.06. The molecule has 0 aromatic heterocycles. The Morgan fingerprint density at radius 2 is 2.00 bits per heavy atom. The molecule has 0 rings (SSSR count). The van der Waals surface area contributed by atoms with Crippen molar-refractivity contribution in [3.63, 3.8) is 0 Å². The molecule has 0 aliphatic carbocycles. The van der Waals surface area contributed by atoms with E-state index in [0.29, 0.717) is 0 Å². The first-order chi connectivity index (χ1) is 5.27. The van der Waals surface area contributed by atoms with E-state index in [1.807, 2.05) is 20.1 Å². The van der Waals surface area contributed by atoms with E-state index in [9.17, 15) is 0 Å². The van der Waals surface area contributed by atoms with Gasteiger partial charge in [0.2, 0.25) is 0 Å². The highest BCUT2D eigenvalue weighted by Crippen LogP contribution is 1.83. The average Bonchev–Trinajstić information content (AvgIpc) is 1.96. The third kappa shape index (κ3) is 9.08. The van der Waals surface area contributed by atoms with Crippen LogP contribution in [0, 0.1) is 0 Å². The smallest absolute Gasteiger partial charge is 0.0449 e. The lowest BCUT2D eigenvalue weighted by Gasteiger charge is -1.81. The molecule has 0 bridgehead atoms. The standard InChI is InChI=1S/C9H16N2/c1-4-5-6-10-7-8-11-9(2)3/h6-8H,4-5H2,1-3H3/b8-7-,10-6+. The van der Waals surface area contributed by atoms with Crippen molar-refractivity contribution < 1.29 is 0 Å². The minimum Gasteiger partial charge on any atom is -0.267 e. The molecule has 0 unspecified atom stereocenters. The number of rotatable bonds is 4. The van der Waals surface area contributed by atoms with E-state index in [1.54, 1.807) is 12.4 Å². The number of unbranched alkanes of at least 4 members (excludes halogenated alkanes) is 1. The molecule has 0 atom stereocenters. The van der Waals surface area contributed by atoms with Crippen molar-refractivity contribution >= 4 is 11.9 Å². The molecule has 11 heavy (non-hydrogen) atoms. The maximum Gasteiger partial charge on any atom is 0.0449 e. The number of aliphatic imine (C=N–C) groups is 2. The maximum atomic E-state index is 4.04. The fourth-order valence-corrected chi connectivity index (χ4v) is 0.485. The largest absolute Gasteiger partial charge is 0.267 e. The lowest BCUT2D eigenvalue weighted by molar-refractivity contribution is 1.01. The van der Waals surface area contributed by atoms with Crippen LogP contribution >= 0.6 is 0 Å². The molecule has 2 nitrogen and oxygen atoms in total. The van der Waals surface area contributed by atoms with Crippen LogP contribution in [0.15, 0.2) is 22.4 Å². The van der Waals surface area contributed by atoms with Crippen molar-refractivity contribution in [1.82, 2.24) is 0 Å². The van der Waals surface area contributed by atoms with Crippen LogP contribution in [0.4, 0.5) is 0 Å². The monoisotopic (exact) mass is 152 g/mol. The minimum atomic E-state index is 1.04. The number of nitrogens with zero attached hydrogens (tertiary/aromatic N) is 2. The Bertz CT molecular complexity index is 162. The van der Waals surface area contributed by atoms with Crippen LogP contribution in [0.3, 0.4) is 0 Å². The van der Waals surface area contributed by atoms with Gasteiger partial charge in [0.1, 0.15) is 0 Å². The predicted octanol–water partition coefficient (Wildman–Crippen LogP) is 2.81. The van der Waals surface area contributed by atoms with Crippen LogP contribution in [0.25, 0.3) is 0 Å². The summed E-state index contributed by atoms with van der Waals surface area (Å²) < 4.78 is 0. The Labute approximate surface area is 68.8 Å². The zero-order valence-electron chi connectivity index (χ0n) is 7.54. The van der Waals surface area contributed by atoms with Crippen LogP contribution < -0.4 is 0 Å². The van der Waals surface area contributed by atoms with Crippen LogP contribution in [0.2, 0.25) is 0 Å². The molecule has 2 heteroatoms. The third-order valence-electron chi connectivity index (χ3n) is 1.01. The molecule has 0 aromatic carbocycles. The maximum absolute atomic E-state index is 4.04. The molecule has 0 radical (unpaired) electrons. The fraction of sp³-hybridized carbons (Fsp3) is 0.556. The highest BCUT2D eigenvalue weighted by Gasteiger charge is 1.71. The average molecular weight is 152 g/mol. The summed E-state index contributed by atoms with van der Waals surface area (Å²) in [6.07, 6.45) is 7.51. The Balaban J connectivity index is 3.52. The lowest BCUT2D eigenvalue weighted by Crippen LogP contribution is -1.75. The first-order valence-corrected chi connectivity index (χ1v) is 3.95. The summed E-state index contributed by atoms with van der Waals surface area (Å²) in [5.41, 5.74) is 1.05. The van der Waals surface area contributed by atoms with Gasteiger partial charge in [-0.2, -0.15) is 0 Å². The summed E-state index contributed by atoms with van der Waals surface area (Å²) in [7, 11) is 0. The van der Waals surface area contributed by atoms with E-state index in [4.69, 9.17) is 0 Å². The molecular formula is C9H16N2. The van der Waals surface area contributed by atoms with Gasteiger partial charge in [-0.3, -0.25) is 9.98 Å². The van der Waals surface area contributed by atoms with Gasteiger partial charge in [0.15, 0.2) is 0 Å². The third-order valence-corrected chi connectivity index (χ3v) is 1.01. The molecule has 0 saturated heterocycles. The predicted molar refractivity (Wildman–Crippen MR) is 51.3 cm³/mol. The number of hydrogen-bond acceptors (Lipinski definition) is 2. The highest BCUT2D eigenvalue weighted by molar-refractivity contribution is 5.79. The quantitative estimate of drug-likeness (QED) is 0.553. The fourth-order valence-electron chi connectivity index (χ4n) is 0.485. The van der Waals surface area contributed by atoms with Gasteiger partial charge in [-0.15, -0.1) is 0 Å². The Kier molecular flexibility index (Phi) is 6.59. The van der Waals surface area contributed by atoms with Gasteiger partial charge in [-0.1, -0.05) is 13.3 Å². The van der Waals surface area contributed by atoms with Gasteiger partial charge >= 0.3 is 0 Å². The normalized spacial score (nSPS) is 11.2. The number of hydrogen-bond donors (Lipinski definition) is 0. The molecule has 0 heterocycles. The summed E-state index contributed by atoms with van der Waals surface area (Å²) in [5, 5.41) is 0. The molecule has 0 N–H and O–H groups in total. The lowest BCUT2D eigenvalue weighted by atomic mass is 10.4. The second kappa shape index (κ2) is 7.19. The van der Waals surface area contributed by atoms with Crippen LogP contribution in [-0.4, -0.2) is 11.9 Å². The van der Waals surface area contributed by atoms with E-state index in [-0.39, 0.29) is 0 Å². The molecular weight excluding hydrogens is 136 g/mol. The van der Waals surface area contributed by atoms with Crippen molar-refractivity contribution in [3.05, 3.63) is 12.4 Å². The van der Waals surface area contributed by atoms with Gasteiger partial charge < -0.3 is 0 Å². The van der Waals surface area contributed by atoms with Crippen molar-refractivity contribution in [2.24, 2.45) is 9.98 Å². The topological polar surface area (TPSA) is 24.7 Å².